The summed E-state index contributed by atoms with van der Waals surface area (Å²) in [5.41, 5.74) is 0.166. The summed E-state index contributed by atoms with van der Waals surface area (Å²) in [6.07, 6.45) is -2.39. The van der Waals surface area contributed by atoms with Crippen LogP contribution in [0.1, 0.15) is 28.4 Å². The lowest BCUT2D eigenvalue weighted by Gasteiger charge is -2.18. The van der Waals surface area contributed by atoms with Gasteiger partial charge < -0.3 is 25.2 Å². The topological polar surface area (TPSA) is 107 Å². The van der Waals surface area contributed by atoms with Gasteiger partial charge in [-0.3, -0.25) is 0 Å². The molecule has 2 unspecified atom stereocenters. The summed E-state index contributed by atoms with van der Waals surface area (Å²) in [6, 6.07) is 4.12. The van der Waals surface area contributed by atoms with Crippen LogP contribution in [0.2, 0.25) is 0 Å². The van der Waals surface area contributed by atoms with Gasteiger partial charge in [-0.15, -0.1) is 0 Å². The van der Waals surface area contributed by atoms with Gasteiger partial charge in [0.15, 0.2) is 0 Å². The lowest BCUT2D eigenvalue weighted by atomic mass is 10.00. The normalized spacial score (nSPS) is 14.0. The van der Waals surface area contributed by atoms with E-state index < -0.39 is 18.2 Å². The molecule has 0 spiro atoms. The lowest BCUT2D eigenvalue weighted by Crippen LogP contribution is -2.20. The minimum absolute atomic E-state index is 0.00952. The zero-order valence-corrected chi connectivity index (χ0v) is 9.91. The number of methoxy groups -OCH3 is 1. The van der Waals surface area contributed by atoms with E-state index in [9.17, 15) is 15.0 Å². The van der Waals surface area contributed by atoms with E-state index in [0.717, 1.165) is 0 Å². The molecule has 0 radical (unpaired) electrons. The van der Waals surface area contributed by atoms with E-state index >= 15 is 0 Å². The number of aromatic carboxylic acids is 1. The first-order valence-electron chi connectivity index (χ1n) is 5.39. The SMILES string of the molecule is COc1ccc(C(O)C(O)CCO)cc1C(=O)O. The Morgan fingerprint density at radius 3 is 2.56 bits per heavy atom. The number of carboxylic acids is 1. The van der Waals surface area contributed by atoms with E-state index in [0.29, 0.717) is 0 Å². The third-order valence-corrected chi connectivity index (χ3v) is 2.58. The summed E-state index contributed by atoms with van der Waals surface area (Å²) in [4.78, 5) is 11.0. The first kappa shape index (κ1) is 14.4. The van der Waals surface area contributed by atoms with Crippen LogP contribution in [-0.2, 0) is 0 Å². The molecule has 18 heavy (non-hydrogen) atoms. The van der Waals surface area contributed by atoms with Crippen LogP contribution in [-0.4, -0.2) is 46.2 Å². The van der Waals surface area contributed by atoms with Crippen molar-refractivity contribution in [1.29, 1.82) is 0 Å². The molecule has 2 atom stereocenters. The Morgan fingerprint density at radius 1 is 1.39 bits per heavy atom. The Kier molecular flexibility index (Phi) is 5.08. The first-order valence-corrected chi connectivity index (χ1v) is 5.39. The number of aliphatic hydroxyl groups is 3. The van der Waals surface area contributed by atoms with E-state index in [1.54, 1.807) is 0 Å². The second-order valence-corrected chi connectivity index (χ2v) is 3.79. The minimum Gasteiger partial charge on any atom is -0.496 e. The molecule has 0 fully saturated rings. The van der Waals surface area contributed by atoms with Crippen molar-refractivity contribution in [3.63, 3.8) is 0 Å². The third kappa shape index (κ3) is 3.19. The van der Waals surface area contributed by atoms with Gasteiger partial charge in [0.2, 0.25) is 0 Å². The molecule has 0 aliphatic carbocycles. The molecular formula is C12H16O6. The van der Waals surface area contributed by atoms with Gasteiger partial charge in [0.1, 0.15) is 17.4 Å². The van der Waals surface area contributed by atoms with Crippen LogP contribution < -0.4 is 4.74 Å². The number of hydrogen-bond acceptors (Lipinski definition) is 5. The van der Waals surface area contributed by atoms with E-state index in [4.69, 9.17) is 14.9 Å². The molecule has 6 nitrogen and oxygen atoms in total. The molecule has 0 saturated carbocycles. The molecule has 100 valence electrons. The van der Waals surface area contributed by atoms with Gasteiger partial charge in [-0.05, 0) is 24.1 Å². The third-order valence-electron chi connectivity index (χ3n) is 2.58. The maximum absolute atomic E-state index is 11.0. The standard InChI is InChI=1S/C12H16O6/c1-18-10-3-2-7(6-8(10)12(16)17)11(15)9(14)4-5-13/h2-3,6,9,11,13-15H,4-5H2,1H3,(H,16,17). The van der Waals surface area contributed by atoms with Gasteiger partial charge in [0.05, 0.1) is 13.2 Å². The van der Waals surface area contributed by atoms with Crippen LogP contribution in [0.25, 0.3) is 0 Å². The van der Waals surface area contributed by atoms with E-state index in [1.165, 1.54) is 25.3 Å². The van der Waals surface area contributed by atoms with Gasteiger partial charge in [0.25, 0.3) is 0 Å². The molecule has 0 aliphatic heterocycles. The minimum atomic E-state index is -1.25. The van der Waals surface area contributed by atoms with Gasteiger partial charge in [-0.2, -0.15) is 0 Å². The number of rotatable bonds is 6. The van der Waals surface area contributed by atoms with Crippen LogP contribution in [0.3, 0.4) is 0 Å². The van der Waals surface area contributed by atoms with Crippen molar-refractivity contribution >= 4 is 5.97 Å². The predicted molar refractivity (Wildman–Crippen MR) is 62.6 cm³/mol. The second-order valence-electron chi connectivity index (χ2n) is 3.79. The molecule has 0 aliphatic rings. The molecule has 1 aromatic rings. The van der Waals surface area contributed by atoms with Gasteiger partial charge in [0, 0.05) is 6.61 Å². The molecule has 0 heterocycles. The molecule has 6 heteroatoms. The Hall–Kier alpha value is -1.63. The van der Waals surface area contributed by atoms with E-state index in [-0.39, 0.29) is 29.9 Å². The number of carboxylic acid groups (broad SMARTS) is 1. The smallest absolute Gasteiger partial charge is 0.339 e. The molecule has 0 bridgehead atoms. The summed E-state index contributed by atoms with van der Waals surface area (Å²) in [5.74, 6) is -1.01. The van der Waals surface area contributed by atoms with Crippen molar-refractivity contribution in [2.45, 2.75) is 18.6 Å². The van der Waals surface area contributed by atoms with Gasteiger partial charge >= 0.3 is 5.97 Å². The van der Waals surface area contributed by atoms with E-state index in [1.807, 2.05) is 0 Å². The van der Waals surface area contributed by atoms with Crippen LogP contribution >= 0.6 is 0 Å². The van der Waals surface area contributed by atoms with Crippen LogP contribution in [0.15, 0.2) is 18.2 Å². The summed E-state index contributed by atoms with van der Waals surface area (Å²) < 4.78 is 4.88. The zero-order valence-electron chi connectivity index (χ0n) is 9.91. The van der Waals surface area contributed by atoms with Crippen molar-refractivity contribution < 1.29 is 30.0 Å². The highest BCUT2D eigenvalue weighted by atomic mass is 16.5. The van der Waals surface area contributed by atoms with Gasteiger partial charge in [-0.1, -0.05) is 6.07 Å². The highest BCUT2D eigenvalue weighted by Gasteiger charge is 2.20. The number of aliphatic hydroxyl groups excluding tert-OH is 3. The molecule has 1 aromatic carbocycles. The number of carbonyl (C=O) groups is 1. The largest absolute Gasteiger partial charge is 0.496 e. The van der Waals surface area contributed by atoms with Crippen LogP contribution in [0, 0.1) is 0 Å². The number of benzene rings is 1. The Bertz CT molecular complexity index is 417. The first-order chi connectivity index (χ1) is 8.51. The van der Waals surface area contributed by atoms with Crippen molar-refractivity contribution in [3.05, 3.63) is 29.3 Å². The maximum Gasteiger partial charge on any atom is 0.339 e. The van der Waals surface area contributed by atoms with Crippen LogP contribution in [0.4, 0.5) is 0 Å². The summed E-state index contributed by atoms with van der Waals surface area (Å²) in [5, 5.41) is 37.0. The van der Waals surface area contributed by atoms with Crippen molar-refractivity contribution in [2.75, 3.05) is 13.7 Å². The zero-order chi connectivity index (χ0) is 13.7. The summed E-state index contributed by atoms with van der Waals surface area (Å²) >= 11 is 0. The molecule has 1 rings (SSSR count). The van der Waals surface area contributed by atoms with Crippen LogP contribution in [0.5, 0.6) is 5.75 Å². The second kappa shape index (κ2) is 6.34. The highest BCUT2D eigenvalue weighted by molar-refractivity contribution is 5.91. The monoisotopic (exact) mass is 256 g/mol. The average molecular weight is 256 g/mol. The predicted octanol–water partition coefficient (Wildman–Crippen LogP) is 0.170. The summed E-state index contributed by atoms with van der Waals surface area (Å²) in [7, 11) is 1.35. The Morgan fingerprint density at radius 2 is 2.06 bits per heavy atom. The Labute approximate surface area is 104 Å². The number of ether oxygens (including phenoxy) is 1. The molecule has 0 aromatic heterocycles. The Balaban J connectivity index is 3.04. The number of hydrogen-bond donors (Lipinski definition) is 4. The molecular weight excluding hydrogens is 240 g/mol. The maximum atomic E-state index is 11.0. The summed E-state index contributed by atoms with van der Waals surface area (Å²) in [6.45, 7) is -0.264. The fraction of sp³-hybridized carbons (Fsp3) is 0.417. The molecule has 0 saturated heterocycles. The van der Waals surface area contributed by atoms with Gasteiger partial charge in [-0.25, -0.2) is 4.79 Å². The van der Waals surface area contributed by atoms with Crippen molar-refractivity contribution in [1.82, 2.24) is 0 Å². The fourth-order valence-corrected chi connectivity index (χ4v) is 1.59. The molecule has 0 amide bonds. The quantitative estimate of drug-likeness (QED) is 0.578. The van der Waals surface area contributed by atoms with E-state index in [2.05, 4.69) is 0 Å². The van der Waals surface area contributed by atoms with Crippen molar-refractivity contribution in [3.8, 4) is 5.75 Å². The fourth-order valence-electron chi connectivity index (χ4n) is 1.59. The van der Waals surface area contributed by atoms with Crippen molar-refractivity contribution in [2.24, 2.45) is 0 Å². The lowest BCUT2D eigenvalue weighted by molar-refractivity contribution is 0.00412. The molecule has 4 N–H and O–H groups in total. The average Bonchev–Trinajstić information content (AvgIpc) is 2.37. The highest BCUT2D eigenvalue weighted by Crippen LogP contribution is 2.25.